The maximum Gasteiger partial charge on any atom is 0.228 e. The zero-order valence-electron chi connectivity index (χ0n) is 11.0. The predicted molar refractivity (Wildman–Crippen MR) is 80.4 cm³/mol. The molecule has 0 saturated heterocycles. The Bertz CT molecular complexity index is 625. The molecule has 0 aliphatic heterocycles. The Kier molecular flexibility index (Phi) is 3.53. The van der Waals surface area contributed by atoms with Crippen LogP contribution < -0.4 is 5.32 Å². The number of aromatic nitrogens is 2. The summed E-state index contributed by atoms with van der Waals surface area (Å²) in [5.74, 6) is 0.442. The first kappa shape index (κ1) is 13.2. The molecule has 1 amide bonds. The standard InChI is InChI=1S/C15H14BrN3O/c1-9-7-18-8-13(16)14(9)19-15(20)12-6-11(12)10-2-4-17-5-3-10/h2-5,7-8,11-12H,6H2,1H3,(H,18,19,20)/t11-,12+/m0/s1. The summed E-state index contributed by atoms with van der Waals surface area (Å²) in [7, 11) is 0. The van der Waals surface area contributed by atoms with E-state index < -0.39 is 0 Å². The number of hydrogen-bond acceptors (Lipinski definition) is 3. The SMILES string of the molecule is Cc1cncc(Br)c1NC(=O)[C@@H]1C[C@H]1c1ccncc1. The van der Waals surface area contributed by atoms with Crippen LogP contribution in [0.15, 0.2) is 41.4 Å². The van der Waals surface area contributed by atoms with E-state index in [1.165, 1.54) is 5.56 Å². The molecule has 2 heterocycles. The van der Waals surface area contributed by atoms with Crippen LogP contribution in [0.3, 0.4) is 0 Å². The molecule has 0 unspecified atom stereocenters. The molecule has 3 rings (SSSR count). The van der Waals surface area contributed by atoms with Gasteiger partial charge in [0.25, 0.3) is 0 Å². The average Bonchev–Trinajstić information content (AvgIpc) is 3.24. The third-order valence-electron chi connectivity index (χ3n) is 3.60. The molecular weight excluding hydrogens is 318 g/mol. The number of nitrogens with zero attached hydrogens (tertiary/aromatic N) is 2. The van der Waals surface area contributed by atoms with Crippen molar-refractivity contribution in [3.05, 3.63) is 52.5 Å². The van der Waals surface area contributed by atoms with Gasteiger partial charge in [0, 0.05) is 30.7 Å². The van der Waals surface area contributed by atoms with Crippen LogP contribution in [-0.2, 0) is 4.79 Å². The molecule has 0 radical (unpaired) electrons. The van der Waals surface area contributed by atoms with Crippen molar-refractivity contribution < 1.29 is 4.79 Å². The summed E-state index contributed by atoms with van der Waals surface area (Å²) in [5, 5.41) is 3.00. The molecule has 2 aromatic heterocycles. The Morgan fingerprint density at radius 3 is 2.75 bits per heavy atom. The Morgan fingerprint density at radius 2 is 2.05 bits per heavy atom. The smallest absolute Gasteiger partial charge is 0.228 e. The summed E-state index contributed by atoms with van der Waals surface area (Å²) in [6.45, 7) is 1.93. The highest BCUT2D eigenvalue weighted by molar-refractivity contribution is 9.10. The number of hydrogen-bond donors (Lipinski definition) is 1. The van der Waals surface area contributed by atoms with Crippen LogP contribution >= 0.6 is 15.9 Å². The van der Waals surface area contributed by atoms with E-state index in [4.69, 9.17) is 0 Å². The van der Waals surface area contributed by atoms with Crippen molar-refractivity contribution in [2.75, 3.05) is 5.32 Å². The van der Waals surface area contributed by atoms with Crippen LogP contribution in [0, 0.1) is 12.8 Å². The normalized spacial score (nSPS) is 20.5. The van der Waals surface area contributed by atoms with E-state index in [2.05, 4.69) is 31.2 Å². The second kappa shape index (κ2) is 5.32. The van der Waals surface area contributed by atoms with Crippen molar-refractivity contribution in [1.29, 1.82) is 0 Å². The van der Waals surface area contributed by atoms with E-state index in [-0.39, 0.29) is 11.8 Å². The minimum absolute atomic E-state index is 0.0527. The lowest BCUT2D eigenvalue weighted by Gasteiger charge is -2.09. The summed E-state index contributed by atoms with van der Waals surface area (Å²) in [6.07, 6.45) is 7.87. The minimum Gasteiger partial charge on any atom is -0.324 e. The molecule has 0 bridgehead atoms. The Labute approximate surface area is 125 Å². The maximum atomic E-state index is 12.3. The van der Waals surface area contributed by atoms with Gasteiger partial charge in [-0.1, -0.05) is 0 Å². The number of halogens is 1. The molecule has 0 aromatic carbocycles. The fourth-order valence-electron chi connectivity index (χ4n) is 2.37. The van der Waals surface area contributed by atoms with E-state index in [1.807, 2.05) is 19.1 Å². The molecule has 5 heteroatoms. The molecule has 2 aromatic rings. The van der Waals surface area contributed by atoms with Gasteiger partial charge in [0.1, 0.15) is 0 Å². The fourth-order valence-corrected chi connectivity index (χ4v) is 2.90. The van der Waals surface area contributed by atoms with Gasteiger partial charge in [-0.3, -0.25) is 14.8 Å². The van der Waals surface area contributed by atoms with Gasteiger partial charge in [0.05, 0.1) is 10.2 Å². The quantitative estimate of drug-likeness (QED) is 0.938. The Hall–Kier alpha value is -1.75. The molecule has 1 fully saturated rings. The van der Waals surface area contributed by atoms with Crippen LogP contribution in [0.5, 0.6) is 0 Å². The lowest BCUT2D eigenvalue weighted by molar-refractivity contribution is -0.117. The van der Waals surface area contributed by atoms with Gasteiger partial charge in [-0.2, -0.15) is 0 Å². The number of rotatable bonds is 3. The Balaban J connectivity index is 1.70. The molecule has 102 valence electrons. The number of carbonyl (C=O) groups excluding carboxylic acids is 1. The van der Waals surface area contributed by atoms with Crippen LogP contribution in [0.2, 0.25) is 0 Å². The first-order valence-electron chi connectivity index (χ1n) is 6.47. The number of anilines is 1. The van der Waals surface area contributed by atoms with Crippen LogP contribution in [0.4, 0.5) is 5.69 Å². The zero-order chi connectivity index (χ0) is 14.1. The summed E-state index contributed by atoms with van der Waals surface area (Å²) >= 11 is 3.42. The van der Waals surface area contributed by atoms with E-state index in [0.717, 1.165) is 22.1 Å². The highest BCUT2D eigenvalue weighted by atomic mass is 79.9. The zero-order valence-corrected chi connectivity index (χ0v) is 12.6. The lowest BCUT2D eigenvalue weighted by atomic mass is 10.1. The summed E-state index contributed by atoms with van der Waals surface area (Å²) in [4.78, 5) is 20.4. The molecule has 1 aliphatic rings. The molecule has 2 atom stereocenters. The van der Waals surface area contributed by atoms with Crippen molar-refractivity contribution >= 4 is 27.5 Å². The summed E-state index contributed by atoms with van der Waals surface area (Å²) < 4.78 is 0.812. The first-order valence-corrected chi connectivity index (χ1v) is 7.27. The van der Waals surface area contributed by atoms with Gasteiger partial charge >= 0.3 is 0 Å². The average molecular weight is 332 g/mol. The second-order valence-electron chi connectivity index (χ2n) is 5.03. The number of aryl methyl sites for hydroxylation is 1. The molecule has 0 spiro atoms. The van der Waals surface area contributed by atoms with E-state index in [0.29, 0.717) is 5.92 Å². The van der Waals surface area contributed by atoms with Gasteiger partial charge in [-0.15, -0.1) is 0 Å². The monoisotopic (exact) mass is 331 g/mol. The van der Waals surface area contributed by atoms with Crippen molar-refractivity contribution in [2.45, 2.75) is 19.3 Å². The van der Waals surface area contributed by atoms with Gasteiger partial charge in [0.15, 0.2) is 0 Å². The number of pyridine rings is 2. The molecular formula is C15H14BrN3O. The minimum atomic E-state index is 0.0527. The third kappa shape index (κ3) is 2.58. The maximum absolute atomic E-state index is 12.3. The van der Waals surface area contributed by atoms with Gasteiger partial charge < -0.3 is 5.32 Å². The van der Waals surface area contributed by atoms with Crippen molar-refractivity contribution in [1.82, 2.24) is 9.97 Å². The van der Waals surface area contributed by atoms with Crippen molar-refractivity contribution in [3.63, 3.8) is 0 Å². The first-order chi connectivity index (χ1) is 9.66. The molecule has 1 N–H and O–H groups in total. The van der Waals surface area contributed by atoms with Crippen LogP contribution in [0.1, 0.15) is 23.5 Å². The van der Waals surface area contributed by atoms with Crippen molar-refractivity contribution in [2.24, 2.45) is 5.92 Å². The predicted octanol–water partition coefficient (Wildman–Crippen LogP) is 3.29. The van der Waals surface area contributed by atoms with E-state index >= 15 is 0 Å². The summed E-state index contributed by atoms with van der Waals surface area (Å²) in [5.41, 5.74) is 2.95. The van der Waals surface area contributed by atoms with E-state index in [1.54, 1.807) is 24.8 Å². The van der Waals surface area contributed by atoms with Gasteiger partial charge in [-0.05, 0) is 58.5 Å². The molecule has 1 saturated carbocycles. The van der Waals surface area contributed by atoms with E-state index in [9.17, 15) is 4.79 Å². The van der Waals surface area contributed by atoms with Crippen LogP contribution in [0.25, 0.3) is 0 Å². The molecule has 4 nitrogen and oxygen atoms in total. The van der Waals surface area contributed by atoms with Crippen molar-refractivity contribution in [3.8, 4) is 0 Å². The fraction of sp³-hybridized carbons (Fsp3) is 0.267. The molecule has 20 heavy (non-hydrogen) atoms. The molecule has 1 aliphatic carbocycles. The van der Waals surface area contributed by atoms with Gasteiger partial charge in [0.2, 0.25) is 5.91 Å². The summed E-state index contributed by atoms with van der Waals surface area (Å²) in [6, 6.07) is 3.96. The number of amides is 1. The third-order valence-corrected chi connectivity index (χ3v) is 4.20. The Morgan fingerprint density at radius 1 is 1.30 bits per heavy atom. The highest BCUT2D eigenvalue weighted by Gasteiger charge is 2.44. The van der Waals surface area contributed by atoms with Crippen LogP contribution in [-0.4, -0.2) is 15.9 Å². The topological polar surface area (TPSA) is 54.9 Å². The largest absolute Gasteiger partial charge is 0.324 e. The highest BCUT2D eigenvalue weighted by Crippen LogP contribution is 2.48. The lowest BCUT2D eigenvalue weighted by Crippen LogP contribution is -2.16. The van der Waals surface area contributed by atoms with Gasteiger partial charge in [-0.25, -0.2) is 0 Å². The second-order valence-corrected chi connectivity index (χ2v) is 5.89. The number of carbonyl (C=O) groups is 1. The number of nitrogens with one attached hydrogen (secondary N) is 1.